The molecule has 1 aromatic heterocycles. The van der Waals surface area contributed by atoms with Gasteiger partial charge in [0.25, 0.3) is 5.56 Å². The van der Waals surface area contributed by atoms with Crippen molar-refractivity contribution in [3.05, 3.63) is 75.8 Å². The van der Waals surface area contributed by atoms with E-state index in [1.807, 2.05) is 18.2 Å². The van der Waals surface area contributed by atoms with Crippen molar-refractivity contribution in [2.45, 2.75) is 25.7 Å². The highest BCUT2D eigenvalue weighted by molar-refractivity contribution is 5.98. The van der Waals surface area contributed by atoms with Crippen molar-refractivity contribution in [2.24, 2.45) is 5.92 Å². The largest absolute Gasteiger partial charge is 0.325 e. The van der Waals surface area contributed by atoms with Crippen molar-refractivity contribution in [3.63, 3.8) is 0 Å². The number of aromatic amines is 1. The molecule has 1 amide bonds. The molecule has 1 heterocycles. The number of aryl methyl sites for hydroxylation is 1. The monoisotopic (exact) mass is 350 g/mol. The Kier molecular flexibility index (Phi) is 4.07. The third-order valence-electron chi connectivity index (χ3n) is 4.90. The Bertz CT molecular complexity index is 1040. The van der Waals surface area contributed by atoms with Crippen LogP contribution in [0.4, 0.5) is 10.1 Å². The van der Waals surface area contributed by atoms with Crippen molar-refractivity contribution in [3.8, 4) is 0 Å². The van der Waals surface area contributed by atoms with E-state index in [2.05, 4.69) is 10.3 Å². The summed E-state index contributed by atoms with van der Waals surface area (Å²) in [6.07, 6.45) is 2.00. The molecule has 0 spiro atoms. The number of H-pyrrole nitrogens is 1. The number of hydrogen-bond acceptors (Lipinski definition) is 2. The third-order valence-corrected chi connectivity index (χ3v) is 4.90. The first-order valence-electron chi connectivity index (χ1n) is 8.71. The molecule has 4 nitrogen and oxygen atoms in total. The third kappa shape index (κ3) is 3.25. The van der Waals surface area contributed by atoms with E-state index in [1.165, 1.54) is 12.1 Å². The fourth-order valence-corrected chi connectivity index (χ4v) is 3.35. The van der Waals surface area contributed by atoms with Crippen molar-refractivity contribution in [1.29, 1.82) is 0 Å². The summed E-state index contributed by atoms with van der Waals surface area (Å²) in [6, 6.07) is 13.4. The van der Waals surface area contributed by atoms with Gasteiger partial charge in [0.05, 0.1) is 11.4 Å². The maximum Gasteiger partial charge on any atom is 0.251 e. The van der Waals surface area contributed by atoms with Crippen LogP contribution in [0, 0.1) is 18.7 Å². The minimum Gasteiger partial charge on any atom is -0.325 e. The van der Waals surface area contributed by atoms with Crippen molar-refractivity contribution < 1.29 is 9.18 Å². The van der Waals surface area contributed by atoms with E-state index in [4.69, 9.17) is 0 Å². The summed E-state index contributed by atoms with van der Waals surface area (Å²) in [4.78, 5) is 27.5. The molecule has 0 aliphatic heterocycles. The number of aromatic nitrogens is 1. The Hall–Kier alpha value is -2.95. The molecular weight excluding hydrogens is 331 g/mol. The molecular formula is C21H19FN2O2. The van der Waals surface area contributed by atoms with Crippen molar-refractivity contribution in [1.82, 2.24) is 4.98 Å². The van der Waals surface area contributed by atoms with Gasteiger partial charge in [-0.2, -0.15) is 0 Å². The molecule has 0 bridgehead atoms. The van der Waals surface area contributed by atoms with Gasteiger partial charge in [0, 0.05) is 11.3 Å². The SMILES string of the molecule is Cc1cc2ccc(NC(=O)C(c3ccc(F)cc3)C3CC3)cc2[nH]c1=O. The molecule has 1 unspecified atom stereocenters. The number of nitrogens with one attached hydrogen (secondary N) is 2. The molecule has 1 aliphatic rings. The molecule has 2 aromatic carbocycles. The van der Waals surface area contributed by atoms with Crippen LogP contribution in [-0.2, 0) is 4.79 Å². The second kappa shape index (κ2) is 6.41. The quantitative estimate of drug-likeness (QED) is 0.744. The molecule has 132 valence electrons. The highest BCUT2D eigenvalue weighted by Crippen LogP contribution is 2.43. The number of benzene rings is 2. The first-order chi connectivity index (χ1) is 12.5. The fourth-order valence-electron chi connectivity index (χ4n) is 3.35. The number of fused-ring (bicyclic) bond motifs is 1. The molecule has 0 saturated heterocycles. The average molecular weight is 350 g/mol. The van der Waals surface area contributed by atoms with Gasteiger partial charge in [0.1, 0.15) is 5.82 Å². The Morgan fingerprint density at radius 3 is 2.58 bits per heavy atom. The predicted octanol–water partition coefficient (Wildman–Crippen LogP) is 4.11. The second-order valence-corrected chi connectivity index (χ2v) is 6.94. The van der Waals surface area contributed by atoms with Crippen LogP contribution < -0.4 is 10.9 Å². The summed E-state index contributed by atoms with van der Waals surface area (Å²) in [5.41, 5.74) is 2.66. The van der Waals surface area contributed by atoms with Crippen LogP contribution in [0.1, 0.15) is 29.9 Å². The number of carbonyl (C=O) groups excluding carboxylic acids is 1. The standard InChI is InChI=1S/C21H19FN2O2/c1-12-10-15-6-9-17(11-18(15)24-20(12)25)23-21(26)19(13-2-3-13)14-4-7-16(22)8-5-14/h4-11,13,19H,2-3H2,1H3,(H,23,26)(H,24,25). The minimum absolute atomic E-state index is 0.104. The molecule has 26 heavy (non-hydrogen) atoms. The lowest BCUT2D eigenvalue weighted by atomic mass is 9.93. The van der Waals surface area contributed by atoms with Gasteiger partial charge in [-0.3, -0.25) is 9.59 Å². The van der Waals surface area contributed by atoms with Crippen LogP contribution in [0.5, 0.6) is 0 Å². The molecule has 4 rings (SSSR count). The highest BCUT2D eigenvalue weighted by atomic mass is 19.1. The minimum atomic E-state index is -0.308. The van der Waals surface area contributed by atoms with Gasteiger partial charge in [0.2, 0.25) is 5.91 Å². The van der Waals surface area contributed by atoms with Crippen LogP contribution in [0.15, 0.2) is 53.3 Å². The number of halogens is 1. The molecule has 1 aliphatic carbocycles. The van der Waals surface area contributed by atoms with Gasteiger partial charge < -0.3 is 10.3 Å². The van der Waals surface area contributed by atoms with E-state index in [0.29, 0.717) is 22.7 Å². The molecule has 2 N–H and O–H groups in total. The van der Waals surface area contributed by atoms with Gasteiger partial charge in [0.15, 0.2) is 0 Å². The number of pyridine rings is 1. The van der Waals surface area contributed by atoms with Crippen LogP contribution in [-0.4, -0.2) is 10.9 Å². The smallest absolute Gasteiger partial charge is 0.251 e. The number of rotatable bonds is 4. The lowest BCUT2D eigenvalue weighted by Crippen LogP contribution is -2.22. The van der Waals surface area contributed by atoms with Crippen LogP contribution >= 0.6 is 0 Å². The Morgan fingerprint density at radius 1 is 1.15 bits per heavy atom. The zero-order valence-corrected chi connectivity index (χ0v) is 14.4. The van der Waals surface area contributed by atoms with Crippen LogP contribution in [0.2, 0.25) is 0 Å². The van der Waals surface area contributed by atoms with E-state index in [9.17, 15) is 14.0 Å². The highest BCUT2D eigenvalue weighted by Gasteiger charge is 2.37. The molecule has 1 atom stereocenters. The van der Waals surface area contributed by atoms with Gasteiger partial charge in [-0.05, 0) is 67.0 Å². The fraction of sp³-hybridized carbons (Fsp3) is 0.238. The zero-order valence-electron chi connectivity index (χ0n) is 14.4. The number of anilines is 1. The lowest BCUT2D eigenvalue weighted by molar-refractivity contribution is -0.118. The van der Waals surface area contributed by atoms with E-state index < -0.39 is 0 Å². The molecule has 1 saturated carbocycles. The Morgan fingerprint density at radius 2 is 1.88 bits per heavy atom. The summed E-state index contributed by atoms with van der Waals surface area (Å²) in [6.45, 7) is 1.76. The van der Waals surface area contributed by atoms with Gasteiger partial charge in [-0.15, -0.1) is 0 Å². The van der Waals surface area contributed by atoms with Gasteiger partial charge in [-0.1, -0.05) is 18.2 Å². The number of carbonyl (C=O) groups is 1. The van der Waals surface area contributed by atoms with Crippen molar-refractivity contribution >= 4 is 22.5 Å². The summed E-state index contributed by atoms with van der Waals surface area (Å²) < 4.78 is 13.2. The van der Waals surface area contributed by atoms with Crippen LogP contribution in [0.3, 0.4) is 0 Å². The van der Waals surface area contributed by atoms with Crippen molar-refractivity contribution in [2.75, 3.05) is 5.32 Å². The molecule has 5 heteroatoms. The summed E-state index contributed by atoms with van der Waals surface area (Å²) in [5.74, 6) is -0.405. The molecule has 0 radical (unpaired) electrons. The normalized spacial score (nSPS) is 15.0. The first-order valence-corrected chi connectivity index (χ1v) is 8.71. The second-order valence-electron chi connectivity index (χ2n) is 6.94. The Labute approximate surface area is 150 Å². The van der Waals surface area contributed by atoms with E-state index in [0.717, 1.165) is 23.8 Å². The number of hydrogen-bond donors (Lipinski definition) is 2. The van der Waals surface area contributed by atoms with E-state index in [-0.39, 0.29) is 23.2 Å². The maximum atomic E-state index is 13.2. The van der Waals surface area contributed by atoms with Gasteiger partial charge in [-0.25, -0.2) is 4.39 Å². The summed E-state index contributed by atoms with van der Waals surface area (Å²) in [5, 5.41) is 3.86. The number of amides is 1. The maximum absolute atomic E-state index is 13.2. The topological polar surface area (TPSA) is 62.0 Å². The Balaban J connectivity index is 1.61. The predicted molar refractivity (Wildman–Crippen MR) is 99.8 cm³/mol. The summed E-state index contributed by atoms with van der Waals surface area (Å²) in [7, 11) is 0. The average Bonchev–Trinajstić information content (AvgIpc) is 3.43. The van der Waals surface area contributed by atoms with Gasteiger partial charge >= 0.3 is 0 Å². The van der Waals surface area contributed by atoms with E-state index in [1.54, 1.807) is 25.1 Å². The zero-order chi connectivity index (χ0) is 18.3. The van der Waals surface area contributed by atoms with E-state index >= 15 is 0 Å². The lowest BCUT2D eigenvalue weighted by Gasteiger charge is -2.17. The molecule has 1 fully saturated rings. The summed E-state index contributed by atoms with van der Waals surface area (Å²) >= 11 is 0. The molecule has 3 aromatic rings. The van der Waals surface area contributed by atoms with Crippen LogP contribution in [0.25, 0.3) is 10.9 Å². The first kappa shape index (κ1) is 16.5.